The predicted molar refractivity (Wildman–Crippen MR) is 60.6 cm³/mol. The van der Waals surface area contributed by atoms with Crippen LogP contribution >= 0.6 is 11.6 Å². The first-order chi connectivity index (χ1) is 7.17. The second-order valence-electron chi connectivity index (χ2n) is 2.87. The maximum Gasteiger partial charge on any atom is 0.239 e. The summed E-state index contributed by atoms with van der Waals surface area (Å²) in [5, 5.41) is 6.04. The number of hydrogen-bond acceptors (Lipinski definition) is 3. The Morgan fingerprint density at radius 1 is 1.53 bits per heavy atom. The van der Waals surface area contributed by atoms with Crippen molar-refractivity contribution < 1.29 is 9.53 Å². The van der Waals surface area contributed by atoms with E-state index >= 15 is 0 Å². The van der Waals surface area contributed by atoms with Crippen LogP contribution in [0, 0.1) is 0 Å². The molecule has 4 nitrogen and oxygen atoms in total. The number of benzene rings is 1. The van der Waals surface area contributed by atoms with Crippen molar-refractivity contribution in [3.05, 3.63) is 23.2 Å². The number of halogens is 1. The van der Waals surface area contributed by atoms with Crippen LogP contribution in [0.3, 0.4) is 0 Å². The lowest BCUT2D eigenvalue weighted by atomic mass is 10.3. The van der Waals surface area contributed by atoms with Crippen LogP contribution in [0.15, 0.2) is 18.2 Å². The quantitative estimate of drug-likeness (QED) is 0.821. The number of likely N-dealkylation sites (N-methyl/N-ethyl adjacent to an activating group) is 1. The van der Waals surface area contributed by atoms with Gasteiger partial charge in [-0.15, -0.1) is 0 Å². The van der Waals surface area contributed by atoms with Crippen molar-refractivity contribution in [3.8, 4) is 5.75 Å². The molecule has 0 heterocycles. The minimum atomic E-state index is -0.1000. The molecule has 0 fully saturated rings. The highest BCUT2D eigenvalue weighted by molar-refractivity contribution is 6.30. The summed E-state index contributed by atoms with van der Waals surface area (Å²) in [6.07, 6.45) is 0. The van der Waals surface area contributed by atoms with Gasteiger partial charge in [-0.05, 0) is 18.2 Å². The molecule has 0 aliphatic heterocycles. The molecule has 1 rings (SSSR count). The van der Waals surface area contributed by atoms with Crippen molar-refractivity contribution in [1.82, 2.24) is 5.32 Å². The summed E-state index contributed by atoms with van der Waals surface area (Å²) in [7, 11) is 3.15. The molecule has 0 atom stereocenters. The van der Waals surface area contributed by atoms with Crippen LogP contribution in [0.4, 0.5) is 5.69 Å². The number of hydrogen-bond donors (Lipinski definition) is 2. The third-order valence-corrected chi connectivity index (χ3v) is 2.11. The van der Waals surface area contributed by atoms with E-state index in [4.69, 9.17) is 16.3 Å². The van der Waals surface area contributed by atoms with E-state index in [0.717, 1.165) is 0 Å². The lowest BCUT2D eigenvalue weighted by molar-refractivity contribution is -0.118. The van der Waals surface area contributed by atoms with Gasteiger partial charge in [-0.1, -0.05) is 11.6 Å². The molecule has 0 aromatic heterocycles. The van der Waals surface area contributed by atoms with Gasteiger partial charge in [-0.25, -0.2) is 0 Å². The van der Waals surface area contributed by atoms with E-state index in [1.54, 1.807) is 32.4 Å². The van der Waals surface area contributed by atoms with E-state index < -0.39 is 0 Å². The zero-order valence-electron chi connectivity index (χ0n) is 8.63. The van der Waals surface area contributed by atoms with Crippen LogP contribution in [0.5, 0.6) is 5.75 Å². The Balaban J connectivity index is 2.74. The fourth-order valence-electron chi connectivity index (χ4n) is 1.08. The van der Waals surface area contributed by atoms with E-state index in [1.807, 2.05) is 0 Å². The monoisotopic (exact) mass is 228 g/mol. The topological polar surface area (TPSA) is 50.4 Å². The summed E-state index contributed by atoms with van der Waals surface area (Å²) in [6, 6.07) is 5.18. The lowest BCUT2D eigenvalue weighted by Crippen LogP contribution is -2.26. The van der Waals surface area contributed by atoms with Crippen LogP contribution in [0.2, 0.25) is 5.02 Å². The molecule has 0 unspecified atom stereocenters. The first-order valence-electron chi connectivity index (χ1n) is 4.45. The van der Waals surface area contributed by atoms with Crippen molar-refractivity contribution in [2.24, 2.45) is 0 Å². The molecule has 1 aromatic rings. The molecular formula is C10H13ClN2O2. The van der Waals surface area contributed by atoms with Gasteiger partial charge in [0.1, 0.15) is 5.75 Å². The predicted octanol–water partition coefficient (Wildman–Crippen LogP) is 1.51. The van der Waals surface area contributed by atoms with Crippen molar-refractivity contribution >= 4 is 23.2 Å². The summed E-state index contributed by atoms with van der Waals surface area (Å²) in [4.78, 5) is 11.0. The fraction of sp³-hybridized carbons (Fsp3) is 0.300. The van der Waals surface area contributed by atoms with Crippen LogP contribution in [-0.4, -0.2) is 26.6 Å². The Kier molecular flexibility index (Phi) is 4.24. The summed E-state index contributed by atoms with van der Waals surface area (Å²) < 4.78 is 5.11. The second-order valence-corrected chi connectivity index (χ2v) is 3.31. The molecule has 5 heteroatoms. The Bertz CT molecular complexity index is 355. The highest BCUT2D eigenvalue weighted by Crippen LogP contribution is 2.27. The van der Waals surface area contributed by atoms with Crippen LogP contribution in [-0.2, 0) is 4.79 Å². The normalized spacial score (nSPS) is 9.53. The SMILES string of the molecule is CNC(=O)CNc1cc(Cl)ccc1OC. The smallest absolute Gasteiger partial charge is 0.239 e. The van der Waals surface area contributed by atoms with Gasteiger partial charge in [0.25, 0.3) is 0 Å². The van der Waals surface area contributed by atoms with Gasteiger partial charge in [-0.3, -0.25) is 4.79 Å². The van der Waals surface area contributed by atoms with Crippen molar-refractivity contribution in [1.29, 1.82) is 0 Å². The van der Waals surface area contributed by atoms with Gasteiger partial charge in [-0.2, -0.15) is 0 Å². The number of anilines is 1. The number of rotatable bonds is 4. The number of amides is 1. The first-order valence-corrected chi connectivity index (χ1v) is 4.83. The molecule has 82 valence electrons. The first kappa shape index (κ1) is 11.7. The largest absolute Gasteiger partial charge is 0.495 e. The molecular weight excluding hydrogens is 216 g/mol. The zero-order chi connectivity index (χ0) is 11.3. The third-order valence-electron chi connectivity index (χ3n) is 1.88. The number of carbonyl (C=O) groups excluding carboxylic acids is 1. The molecule has 15 heavy (non-hydrogen) atoms. The maximum atomic E-state index is 11.0. The minimum absolute atomic E-state index is 0.1000. The number of ether oxygens (including phenoxy) is 1. The maximum absolute atomic E-state index is 11.0. The summed E-state index contributed by atoms with van der Waals surface area (Å²) in [5.74, 6) is 0.556. The highest BCUT2D eigenvalue weighted by atomic mass is 35.5. The van der Waals surface area contributed by atoms with Crippen LogP contribution in [0.25, 0.3) is 0 Å². The van der Waals surface area contributed by atoms with Crippen molar-refractivity contribution in [2.75, 3.05) is 26.0 Å². The third kappa shape index (κ3) is 3.32. The highest BCUT2D eigenvalue weighted by Gasteiger charge is 2.04. The summed E-state index contributed by atoms with van der Waals surface area (Å²) >= 11 is 5.83. The summed E-state index contributed by atoms with van der Waals surface area (Å²) in [5.41, 5.74) is 0.702. The number of methoxy groups -OCH3 is 1. The van der Waals surface area contributed by atoms with Crippen molar-refractivity contribution in [2.45, 2.75) is 0 Å². The van der Waals surface area contributed by atoms with Crippen LogP contribution < -0.4 is 15.4 Å². The number of carbonyl (C=O) groups is 1. The Morgan fingerprint density at radius 2 is 2.27 bits per heavy atom. The van der Waals surface area contributed by atoms with Gasteiger partial charge in [0.05, 0.1) is 19.3 Å². The molecule has 0 spiro atoms. The van der Waals surface area contributed by atoms with Gasteiger partial charge < -0.3 is 15.4 Å². The molecule has 0 aliphatic carbocycles. The summed E-state index contributed by atoms with van der Waals surface area (Å²) in [6.45, 7) is 0.188. The van der Waals surface area contributed by atoms with Gasteiger partial charge >= 0.3 is 0 Å². The Hall–Kier alpha value is -1.42. The van der Waals surface area contributed by atoms with Gasteiger partial charge in [0.15, 0.2) is 0 Å². The molecule has 0 radical (unpaired) electrons. The van der Waals surface area contributed by atoms with E-state index in [2.05, 4.69) is 10.6 Å². The van der Waals surface area contributed by atoms with E-state index in [-0.39, 0.29) is 12.5 Å². The molecule has 0 saturated heterocycles. The average Bonchev–Trinajstić information content (AvgIpc) is 2.26. The molecule has 0 aliphatic rings. The standard InChI is InChI=1S/C10H13ClN2O2/c1-12-10(14)6-13-8-5-7(11)3-4-9(8)15-2/h3-5,13H,6H2,1-2H3,(H,12,14). The second kappa shape index (κ2) is 5.46. The van der Waals surface area contributed by atoms with E-state index in [9.17, 15) is 4.79 Å². The van der Waals surface area contributed by atoms with Crippen molar-refractivity contribution in [3.63, 3.8) is 0 Å². The zero-order valence-corrected chi connectivity index (χ0v) is 9.39. The van der Waals surface area contributed by atoms with Gasteiger partial charge in [0, 0.05) is 12.1 Å². The lowest BCUT2D eigenvalue weighted by Gasteiger charge is -2.10. The molecule has 1 amide bonds. The Labute approximate surface area is 93.6 Å². The van der Waals surface area contributed by atoms with Gasteiger partial charge in [0.2, 0.25) is 5.91 Å². The van der Waals surface area contributed by atoms with Crippen LogP contribution in [0.1, 0.15) is 0 Å². The number of nitrogens with one attached hydrogen (secondary N) is 2. The van der Waals surface area contributed by atoms with E-state index in [0.29, 0.717) is 16.5 Å². The molecule has 1 aromatic carbocycles. The average molecular weight is 229 g/mol. The Morgan fingerprint density at radius 3 is 2.87 bits per heavy atom. The molecule has 0 saturated carbocycles. The minimum Gasteiger partial charge on any atom is -0.495 e. The van der Waals surface area contributed by atoms with E-state index in [1.165, 1.54) is 0 Å². The molecule has 0 bridgehead atoms. The molecule has 2 N–H and O–H groups in total. The fourth-order valence-corrected chi connectivity index (χ4v) is 1.25.